The number of hydrogen-bond acceptors (Lipinski definition) is 6. The van der Waals surface area contributed by atoms with E-state index in [0.717, 1.165) is 11.3 Å². The molecule has 1 aliphatic carbocycles. The fraction of sp³-hybridized carbons (Fsp3) is 0.538. The number of carbonyl (C=O) groups is 1. The number of aliphatic carboxylic acids is 1. The van der Waals surface area contributed by atoms with Crippen LogP contribution in [-0.2, 0) is 4.79 Å². The number of anilines is 1. The van der Waals surface area contributed by atoms with Crippen LogP contribution in [0.25, 0.3) is 5.78 Å². The van der Waals surface area contributed by atoms with Crippen molar-refractivity contribution in [2.24, 2.45) is 5.92 Å². The largest absolute Gasteiger partial charge is 0.481 e. The Bertz CT molecular complexity index is 698. The number of fused-ring (bicyclic) bond motifs is 1. The van der Waals surface area contributed by atoms with Gasteiger partial charge >= 0.3 is 5.97 Å². The van der Waals surface area contributed by atoms with Crippen LogP contribution in [0.15, 0.2) is 6.33 Å². The Morgan fingerprint density at radius 3 is 2.86 bits per heavy atom. The summed E-state index contributed by atoms with van der Waals surface area (Å²) in [4.78, 5) is 19.4. The standard InChI is InChI=1S/C13H17N5O3/c1-6-7(2)16-13-14-5-15-18(13)11(6)17-9-3-8(12(20)21)4-10(9)19/h5,8-10,17,19H,3-4H2,1-2H3,(H,20,21). The molecule has 0 bridgehead atoms. The number of hydrogen-bond donors (Lipinski definition) is 3. The van der Waals surface area contributed by atoms with E-state index in [1.807, 2.05) is 13.8 Å². The smallest absolute Gasteiger partial charge is 0.306 e. The monoisotopic (exact) mass is 291 g/mol. The number of nitrogens with zero attached hydrogens (tertiary/aromatic N) is 4. The first kappa shape index (κ1) is 13.7. The zero-order chi connectivity index (χ0) is 15.1. The summed E-state index contributed by atoms with van der Waals surface area (Å²) in [7, 11) is 0. The molecule has 112 valence electrons. The molecular formula is C13H17N5O3. The van der Waals surface area contributed by atoms with E-state index < -0.39 is 18.0 Å². The van der Waals surface area contributed by atoms with Gasteiger partial charge in [-0.15, -0.1) is 0 Å². The lowest BCUT2D eigenvalue weighted by atomic mass is 10.1. The molecular weight excluding hydrogens is 274 g/mol. The van der Waals surface area contributed by atoms with Crippen LogP contribution in [0.2, 0.25) is 0 Å². The van der Waals surface area contributed by atoms with Gasteiger partial charge in [0.2, 0.25) is 0 Å². The van der Waals surface area contributed by atoms with Crippen molar-refractivity contribution in [1.82, 2.24) is 19.6 Å². The first-order valence-corrected chi connectivity index (χ1v) is 6.81. The maximum absolute atomic E-state index is 11.1. The highest BCUT2D eigenvalue weighted by Gasteiger charge is 2.37. The molecule has 2 heterocycles. The van der Waals surface area contributed by atoms with Crippen LogP contribution in [0, 0.1) is 19.8 Å². The lowest BCUT2D eigenvalue weighted by Gasteiger charge is -2.20. The summed E-state index contributed by atoms with van der Waals surface area (Å²) in [5, 5.41) is 26.5. The quantitative estimate of drug-likeness (QED) is 0.749. The van der Waals surface area contributed by atoms with Gasteiger partial charge in [0.15, 0.2) is 0 Å². The SMILES string of the molecule is Cc1nc2ncnn2c(NC2CC(C(=O)O)CC2O)c1C. The highest BCUT2D eigenvalue weighted by atomic mass is 16.4. The summed E-state index contributed by atoms with van der Waals surface area (Å²) in [6, 6.07) is -0.320. The molecule has 1 fully saturated rings. The van der Waals surface area contributed by atoms with Crippen molar-refractivity contribution in [3.05, 3.63) is 17.6 Å². The topological polar surface area (TPSA) is 113 Å². The second kappa shape index (κ2) is 4.96. The molecule has 8 heteroatoms. The number of aromatic nitrogens is 4. The van der Waals surface area contributed by atoms with Crippen molar-refractivity contribution >= 4 is 17.6 Å². The summed E-state index contributed by atoms with van der Waals surface area (Å²) < 4.78 is 1.57. The van der Waals surface area contributed by atoms with E-state index in [1.165, 1.54) is 6.33 Å². The van der Waals surface area contributed by atoms with Crippen LogP contribution in [0.5, 0.6) is 0 Å². The molecule has 1 saturated carbocycles. The number of carboxylic acid groups (broad SMARTS) is 1. The maximum Gasteiger partial charge on any atom is 0.306 e. The van der Waals surface area contributed by atoms with E-state index in [1.54, 1.807) is 4.52 Å². The highest BCUT2D eigenvalue weighted by Crippen LogP contribution is 2.30. The molecule has 1 aliphatic rings. The Morgan fingerprint density at radius 2 is 2.19 bits per heavy atom. The van der Waals surface area contributed by atoms with Crippen molar-refractivity contribution in [2.75, 3.05) is 5.32 Å². The van der Waals surface area contributed by atoms with E-state index in [2.05, 4.69) is 20.4 Å². The van der Waals surface area contributed by atoms with Gasteiger partial charge in [0.1, 0.15) is 12.1 Å². The van der Waals surface area contributed by atoms with Gasteiger partial charge in [0.25, 0.3) is 5.78 Å². The Hall–Kier alpha value is -2.22. The number of carboxylic acids is 1. The molecule has 0 spiro atoms. The molecule has 2 aromatic rings. The van der Waals surface area contributed by atoms with Gasteiger partial charge in [-0.05, 0) is 26.7 Å². The van der Waals surface area contributed by atoms with E-state index in [0.29, 0.717) is 18.0 Å². The third-order valence-corrected chi connectivity index (χ3v) is 4.11. The third kappa shape index (κ3) is 2.31. The Labute approximate surface area is 120 Å². The first-order valence-electron chi connectivity index (χ1n) is 6.81. The molecule has 0 radical (unpaired) electrons. The minimum absolute atomic E-state index is 0.261. The zero-order valence-electron chi connectivity index (χ0n) is 11.8. The fourth-order valence-electron chi connectivity index (χ4n) is 2.75. The van der Waals surface area contributed by atoms with E-state index in [4.69, 9.17) is 5.11 Å². The number of aryl methyl sites for hydroxylation is 1. The summed E-state index contributed by atoms with van der Waals surface area (Å²) in [5.74, 6) is -0.216. The van der Waals surface area contributed by atoms with Crippen LogP contribution >= 0.6 is 0 Å². The molecule has 21 heavy (non-hydrogen) atoms. The summed E-state index contributed by atoms with van der Waals surface area (Å²) in [5.41, 5.74) is 1.72. The predicted octanol–water partition coefficient (Wildman–Crippen LogP) is 0.377. The average molecular weight is 291 g/mol. The van der Waals surface area contributed by atoms with Crippen LogP contribution in [0.3, 0.4) is 0 Å². The van der Waals surface area contributed by atoms with Crippen molar-refractivity contribution in [1.29, 1.82) is 0 Å². The van der Waals surface area contributed by atoms with Crippen molar-refractivity contribution in [3.8, 4) is 0 Å². The summed E-state index contributed by atoms with van der Waals surface area (Å²) in [6.45, 7) is 3.78. The van der Waals surface area contributed by atoms with Gasteiger partial charge in [-0.1, -0.05) is 0 Å². The Morgan fingerprint density at radius 1 is 1.43 bits per heavy atom. The zero-order valence-corrected chi connectivity index (χ0v) is 11.8. The molecule has 2 aromatic heterocycles. The average Bonchev–Trinajstić information content (AvgIpc) is 3.02. The summed E-state index contributed by atoms with van der Waals surface area (Å²) >= 11 is 0. The van der Waals surface area contributed by atoms with Crippen LogP contribution < -0.4 is 5.32 Å². The molecule has 3 N–H and O–H groups in total. The van der Waals surface area contributed by atoms with Gasteiger partial charge < -0.3 is 15.5 Å². The number of aliphatic hydroxyl groups excluding tert-OH is 1. The fourth-order valence-corrected chi connectivity index (χ4v) is 2.75. The highest BCUT2D eigenvalue weighted by molar-refractivity contribution is 5.71. The van der Waals surface area contributed by atoms with Gasteiger partial charge in [-0.25, -0.2) is 4.98 Å². The molecule has 0 aromatic carbocycles. The van der Waals surface area contributed by atoms with Crippen molar-refractivity contribution < 1.29 is 15.0 Å². The van der Waals surface area contributed by atoms with Crippen LogP contribution in [-0.4, -0.2) is 47.9 Å². The minimum Gasteiger partial charge on any atom is -0.481 e. The lowest BCUT2D eigenvalue weighted by Crippen LogP contribution is -2.29. The third-order valence-electron chi connectivity index (χ3n) is 4.11. The molecule has 8 nitrogen and oxygen atoms in total. The van der Waals surface area contributed by atoms with Crippen molar-refractivity contribution in [3.63, 3.8) is 0 Å². The second-order valence-corrected chi connectivity index (χ2v) is 5.47. The van der Waals surface area contributed by atoms with Crippen molar-refractivity contribution in [2.45, 2.75) is 38.8 Å². The van der Waals surface area contributed by atoms with E-state index >= 15 is 0 Å². The first-order chi connectivity index (χ1) is 9.97. The van der Waals surface area contributed by atoms with E-state index in [9.17, 15) is 9.90 Å². The maximum atomic E-state index is 11.1. The molecule has 0 aliphatic heterocycles. The molecule has 3 unspecified atom stereocenters. The van der Waals surface area contributed by atoms with Gasteiger partial charge in [0, 0.05) is 11.3 Å². The second-order valence-electron chi connectivity index (χ2n) is 5.47. The number of rotatable bonds is 3. The molecule has 0 amide bonds. The van der Waals surface area contributed by atoms with E-state index in [-0.39, 0.29) is 12.5 Å². The molecule has 0 saturated heterocycles. The van der Waals surface area contributed by atoms with Gasteiger partial charge in [-0.2, -0.15) is 14.6 Å². The van der Waals surface area contributed by atoms with Gasteiger partial charge in [0.05, 0.1) is 18.1 Å². The Kier molecular flexibility index (Phi) is 3.25. The Balaban J connectivity index is 1.93. The normalized spacial score (nSPS) is 25.4. The predicted molar refractivity (Wildman–Crippen MR) is 74.0 cm³/mol. The van der Waals surface area contributed by atoms with Gasteiger partial charge in [-0.3, -0.25) is 4.79 Å². The minimum atomic E-state index is -0.869. The summed E-state index contributed by atoms with van der Waals surface area (Å²) in [6.07, 6.45) is 1.36. The lowest BCUT2D eigenvalue weighted by molar-refractivity contribution is -0.141. The van der Waals surface area contributed by atoms with Crippen LogP contribution in [0.1, 0.15) is 24.1 Å². The number of aliphatic hydroxyl groups is 1. The van der Waals surface area contributed by atoms with Crippen LogP contribution in [0.4, 0.5) is 5.82 Å². The molecule has 3 rings (SSSR count). The molecule has 3 atom stereocenters. The number of nitrogens with one attached hydrogen (secondary N) is 1.